The molecule has 0 amide bonds. The van der Waals surface area contributed by atoms with Crippen LogP contribution in [0, 0.1) is 0 Å². The van der Waals surface area contributed by atoms with E-state index in [1.807, 2.05) is 0 Å². The smallest absolute Gasteiger partial charge is 0.410 e. The van der Waals surface area contributed by atoms with E-state index in [0.717, 1.165) is 0 Å². The van der Waals surface area contributed by atoms with E-state index in [4.69, 9.17) is 0 Å². The first-order chi connectivity index (χ1) is 11.4. The van der Waals surface area contributed by atoms with Gasteiger partial charge in [-0.3, -0.25) is 0 Å². The minimum Gasteiger partial charge on any atom is -0.410 e. The fourth-order valence-electron chi connectivity index (χ4n) is 1.98. The molecular weight excluding hydrogens is 336 g/mol. The van der Waals surface area contributed by atoms with Crippen LogP contribution in [-0.4, -0.2) is 0 Å². The topological polar surface area (TPSA) is 181 Å². The van der Waals surface area contributed by atoms with Crippen molar-refractivity contribution in [2.75, 3.05) is 0 Å². The molecule has 4 aromatic rings. The highest BCUT2D eigenvalue weighted by Crippen LogP contribution is 2.31. The number of benzene rings is 1. The van der Waals surface area contributed by atoms with Gasteiger partial charge in [-0.2, -0.15) is 0 Å². The lowest BCUT2D eigenvalue weighted by Gasteiger charge is -2.01. The Morgan fingerprint density at radius 3 is 0.542 bits per heavy atom. The summed E-state index contributed by atoms with van der Waals surface area (Å²) in [4.78, 5) is 68.0. The van der Waals surface area contributed by atoms with Crippen LogP contribution in [0.1, 0.15) is 0 Å². The summed E-state index contributed by atoms with van der Waals surface area (Å²) in [5, 5.41) is 0. The maximum atomic E-state index is 11.3. The van der Waals surface area contributed by atoms with Gasteiger partial charge in [0.15, 0.2) is 0 Å². The summed E-state index contributed by atoms with van der Waals surface area (Å²) in [6.07, 6.45) is 0. The van der Waals surface area contributed by atoms with Gasteiger partial charge in [0.2, 0.25) is 33.5 Å². The van der Waals surface area contributed by atoms with Crippen LogP contribution in [-0.2, 0) is 0 Å². The van der Waals surface area contributed by atoms with E-state index < -0.39 is 67.3 Å². The number of rotatable bonds is 0. The molecule has 0 saturated heterocycles. The summed E-state index contributed by atoms with van der Waals surface area (Å²) in [5.74, 6) is 0. The zero-order chi connectivity index (χ0) is 17.2. The summed E-state index contributed by atoms with van der Waals surface area (Å²) in [6.45, 7) is 0. The highest BCUT2D eigenvalue weighted by atomic mass is 16.5. The molecule has 24 heavy (non-hydrogen) atoms. The summed E-state index contributed by atoms with van der Waals surface area (Å²) < 4.78 is 27.8. The molecule has 1 aromatic carbocycles. The van der Waals surface area contributed by atoms with Crippen molar-refractivity contribution in [2.24, 2.45) is 0 Å². The van der Waals surface area contributed by atoms with E-state index in [0.29, 0.717) is 0 Å². The van der Waals surface area contributed by atoms with Crippen molar-refractivity contribution in [3.05, 3.63) is 62.5 Å². The molecular formula is C12O12. The van der Waals surface area contributed by atoms with Crippen LogP contribution < -0.4 is 33.8 Å². The van der Waals surface area contributed by atoms with Gasteiger partial charge < -0.3 is 26.5 Å². The van der Waals surface area contributed by atoms with Gasteiger partial charge in [-0.1, -0.05) is 0 Å². The highest BCUT2D eigenvalue weighted by Gasteiger charge is 2.24. The van der Waals surface area contributed by atoms with E-state index in [1.165, 1.54) is 0 Å². The third-order valence-corrected chi connectivity index (χ3v) is 2.91. The molecule has 0 radical (unpaired) electrons. The molecule has 0 bridgehead atoms. The van der Waals surface area contributed by atoms with E-state index in [9.17, 15) is 28.8 Å². The van der Waals surface area contributed by atoms with Crippen LogP contribution in [0.3, 0.4) is 0 Å². The average Bonchev–Trinajstić information content (AvgIpc) is 2.53. The summed E-state index contributed by atoms with van der Waals surface area (Å²) in [6, 6.07) is 0. The van der Waals surface area contributed by atoms with Gasteiger partial charge in [-0.15, -0.1) is 0 Å². The van der Waals surface area contributed by atoms with Gasteiger partial charge in [0, 0.05) is 0 Å². The van der Waals surface area contributed by atoms with Crippen molar-refractivity contribution in [3.63, 3.8) is 0 Å². The molecule has 0 aliphatic carbocycles. The van der Waals surface area contributed by atoms with Crippen molar-refractivity contribution in [3.8, 4) is 0 Å². The molecule has 0 spiro atoms. The Morgan fingerprint density at radius 1 is 0.292 bits per heavy atom. The predicted octanol–water partition coefficient (Wildman–Crippen LogP) is -1.13. The quantitative estimate of drug-likeness (QED) is 0.278. The van der Waals surface area contributed by atoms with Gasteiger partial charge in [-0.25, -0.2) is 28.8 Å². The Kier molecular flexibility index (Phi) is 2.44. The fraction of sp³-hybridized carbons (Fsp3) is 0. The SMILES string of the molecule is O=c1oc2c3oc(=O)c(=O)oc3c3oc(=O)c(=O)oc3c2oc1=O. The summed E-state index contributed by atoms with van der Waals surface area (Å²) in [7, 11) is 0. The van der Waals surface area contributed by atoms with Crippen LogP contribution >= 0.6 is 0 Å². The number of fused-ring (bicyclic) bond motifs is 6. The van der Waals surface area contributed by atoms with Gasteiger partial charge in [0.05, 0.1) is 0 Å². The first-order valence-electron chi connectivity index (χ1n) is 5.92. The predicted molar refractivity (Wildman–Crippen MR) is 70.2 cm³/mol. The van der Waals surface area contributed by atoms with Crippen molar-refractivity contribution in [2.45, 2.75) is 0 Å². The lowest BCUT2D eigenvalue weighted by molar-refractivity contribution is 0.406. The van der Waals surface area contributed by atoms with E-state index in [1.54, 1.807) is 0 Å². The first-order valence-corrected chi connectivity index (χ1v) is 5.92. The first kappa shape index (κ1) is 13.7. The molecule has 0 aliphatic heterocycles. The van der Waals surface area contributed by atoms with E-state index in [2.05, 4.69) is 26.5 Å². The highest BCUT2D eigenvalue weighted by molar-refractivity contribution is 6.13. The van der Waals surface area contributed by atoms with Gasteiger partial charge in [-0.05, 0) is 0 Å². The van der Waals surface area contributed by atoms with Gasteiger partial charge in [0.25, 0.3) is 0 Å². The molecule has 0 saturated carbocycles. The van der Waals surface area contributed by atoms with Crippen molar-refractivity contribution < 1.29 is 26.5 Å². The molecule has 12 heteroatoms. The average molecular weight is 336 g/mol. The molecule has 0 aliphatic rings. The maximum absolute atomic E-state index is 11.3. The summed E-state index contributed by atoms with van der Waals surface area (Å²) in [5.41, 5.74) is -12.9. The largest absolute Gasteiger partial charge is 0.423 e. The maximum Gasteiger partial charge on any atom is 0.423 e. The Morgan fingerprint density at radius 2 is 0.417 bits per heavy atom. The van der Waals surface area contributed by atoms with Crippen LogP contribution in [0.4, 0.5) is 0 Å². The molecule has 3 aromatic heterocycles. The van der Waals surface area contributed by atoms with Crippen molar-refractivity contribution >= 4 is 33.5 Å². The van der Waals surface area contributed by atoms with E-state index in [-0.39, 0.29) is 0 Å². The zero-order valence-electron chi connectivity index (χ0n) is 10.9. The molecule has 120 valence electrons. The van der Waals surface area contributed by atoms with Gasteiger partial charge >= 0.3 is 33.8 Å². The Hall–Kier alpha value is -3.96. The van der Waals surface area contributed by atoms with Crippen LogP contribution in [0.25, 0.3) is 33.5 Å². The van der Waals surface area contributed by atoms with Crippen molar-refractivity contribution in [1.82, 2.24) is 0 Å². The molecule has 0 fully saturated rings. The second-order valence-electron chi connectivity index (χ2n) is 4.31. The lowest BCUT2D eigenvalue weighted by Crippen LogP contribution is -2.24. The minimum absolute atomic E-state index is 0.667. The molecule has 12 nitrogen and oxygen atoms in total. The van der Waals surface area contributed by atoms with Crippen LogP contribution in [0.5, 0.6) is 0 Å². The van der Waals surface area contributed by atoms with E-state index >= 15 is 0 Å². The number of hydrogen-bond donors (Lipinski definition) is 0. The minimum atomic E-state index is -1.48. The Labute approximate surface area is 123 Å². The standard InChI is InChI=1S/C12O12/c13-7-8(14)20-2-1(19-7)3-5(22-10(16)9(15)21-3)6-4(2)23-11(17)12(18)24-6. The van der Waals surface area contributed by atoms with Crippen molar-refractivity contribution in [1.29, 1.82) is 0 Å². The molecule has 4 rings (SSSR count). The third-order valence-electron chi connectivity index (χ3n) is 2.91. The Bertz CT molecular complexity index is 1180. The number of hydrogen-bond acceptors (Lipinski definition) is 12. The lowest BCUT2D eigenvalue weighted by atomic mass is 10.2. The third kappa shape index (κ3) is 1.67. The van der Waals surface area contributed by atoms with Gasteiger partial charge in [0.1, 0.15) is 0 Å². The fourth-order valence-corrected chi connectivity index (χ4v) is 1.98. The summed E-state index contributed by atoms with van der Waals surface area (Å²) >= 11 is 0. The second kappa shape index (κ2) is 4.28. The zero-order valence-corrected chi connectivity index (χ0v) is 10.9. The molecule has 0 N–H and O–H groups in total. The normalized spacial score (nSPS) is 11.5. The monoisotopic (exact) mass is 336 g/mol. The Balaban J connectivity index is 2.56. The van der Waals surface area contributed by atoms with Crippen LogP contribution in [0.15, 0.2) is 55.3 Å². The molecule has 3 heterocycles. The molecule has 0 atom stereocenters. The molecule has 0 unspecified atom stereocenters. The second-order valence-corrected chi connectivity index (χ2v) is 4.31. The van der Waals surface area contributed by atoms with Crippen LogP contribution in [0.2, 0.25) is 0 Å².